The molecular weight excluding hydrogens is 254 g/mol. The van der Waals surface area contributed by atoms with Gasteiger partial charge in [-0.25, -0.2) is 9.36 Å². The van der Waals surface area contributed by atoms with E-state index in [0.29, 0.717) is 21.6 Å². The van der Waals surface area contributed by atoms with E-state index in [1.807, 2.05) is 20.8 Å². The monoisotopic (exact) mass is 267 g/mol. The summed E-state index contributed by atoms with van der Waals surface area (Å²) in [6.45, 7) is 5.69. The van der Waals surface area contributed by atoms with Gasteiger partial charge in [-0.2, -0.15) is 0 Å². The number of nitrogens with zero attached hydrogens (tertiary/aromatic N) is 1. The highest BCUT2D eigenvalue weighted by Gasteiger charge is 2.28. The molecule has 5 heteroatoms. The first-order valence-electron chi connectivity index (χ1n) is 5.50. The van der Waals surface area contributed by atoms with Crippen molar-refractivity contribution in [3.63, 3.8) is 0 Å². The Morgan fingerprint density at radius 2 is 1.94 bits per heavy atom. The first-order chi connectivity index (χ1) is 8.23. The fourth-order valence-electron chi connectivity index (χ4n) is 2.10. The average molecular weight is 268 g/mol. The summed E-state index contributed by atoms with van der Waals surface area (Å²) >= 11 is 6.27. The quantitative estimate of drug-likeness (QED) is 0.763. The Balaban J connectivity index is 2.97. The summed E-state index contributed by atoms with van der Waals surface area (Å²) in [6.07, 6.45) is -1.08. The molecule has 2 aromatic rings. The van der Waals surface area contributed by atoms with E-state index >= 15 is 0 Å². The highest BCUT2D eigenvalue weighted by Crippen LogP contribution is 2.38. The van der Waals surface area contributed by atoms with Crippen LogP contribution in [0.1, 0.15) is 26.5 Å². The number of benzene rings is 1. The fourth-order valence-corrected chi connectivity index (χ4v) is 2.62. The summed E-state index contributed by atoms with van der Waals surface area (Å²) < 4.78 is 1.18. The predicted octanol–water partition coefficient (Wildman–Crippen LogP) is 3.82. The molecule has 4 nitrogen and oxygen atoms in total. The Morgan fingerprint density at radius 3 is 2.44 bits per heavy atom. The molecule has 0 aliphatic heterocycles. The van der Waals surface area contributed by atoms with E-state index in [4.69, 9.17) is 11.6 Å². The van der Waals surface area contributed by atoms with Gasteiger partial charge in [-0.15, -0.1) is 0 Å². The van der Waals surface area contributed by atoms with Crippen LogP contribution in [0, 0.1) is 0 Å². The highest BCUT2D eigenvalue weighted by molar-refractivity contribution is 6.37. The third kappa shape index (κ3) is 1.82. The summed E-state index contributed by atoms with van der Waals surface area (Å²) in [5.41, 5.74) is 0.594. The molecule has 1 heterocycles. The third-order valence-corrected chi connectivity index (χ3v) is 3.17. The van der Waals surface area contributed by atoms with Crippen molar-refractivity contribution in [1.29, 1.82) is 0 Å². The maximum Gasteiger partial charge on any atom is 0.416 e. The molecule has 0 radical (unpaired) electrons. The summed E-state index contributed by atoms with van der Waals surface area (Å²) in [7, 11) is 0. The summed E-state index contributed by atoms with van der Waals surface area (Å²) in [6, 6.07) is 4.48. The number of carbonyl (C=O) groups is 1. The van der Waals surface area contributed by atoms with E-state index in [1.165, 1.54) is 16.7 Å². The molecule has 2 N–H and O–H groups in total. The number of phenols is 1. The van der Waals surface area contributed by atoms with Crippen LogP contribution in [0.5, 0.6) is 5.75 Å². The minimum absolute atomic E-state index is 0.0624. The largest absolute Gasteiger partial charge is 0.508 e. The molecule has 0 spiro atoms. The number of aromatic nitrogens is 1. The number of fused-ring (bicyclic) bond motifs is 1. The van der Waals surface area contributed by atoms with Crippen LogP contribution >= 0.6 is 11.6 Å². The van der Waals surface area contributed by atoms with E-state index < -0.39 is 11.5 Å². The minimum atomic E-state index is -1.08. The Labute approximate surface area is 109 Å². The number of halogens is 1. The van der Waals surface area contributed by atoms with Crippen LogP contribution in [-0.2, 0) is 5.41 Å². The van der Waals surface area contributed by atoms with Gasteiger partial charge in [0.2, 0.25) is 0 Å². The molecule has 1 aromatic heterocycles. The zero-order chi connectivity index (χ0) is 13.7. The lowest BCUT2D eigenvalue weighted by Crippen LogP contribution is -2.21. The van der Waals surface area contributed by atoms with Crippen molar-refractivity contribution in [1.82, 2.24) is 4.57 Å². The lowest BCUT2D eigenvalue weighted by atomic mass is 9.92. The number of aromatic hydroxyl groups is 1. The average Bonchev–Trinajstić information content (AvgIpc) is 2.51. The SMILES string of the molecule is CC(C)(C)c1c(Cl)c2cc(O)ccc2n1C(=O)O. The van der Waals surface area contributed by atoms with Crippen LogP contribution < -0.4 is 0 Å². The topological polar surface area (TPSA) is 62.5 Å². The summed E-state index contributed by atoms with van der Waals surface area (Å²) in [4.78, 5) is 11.4. The van der Waals surface area contributed by atoms with Crippen molar-refractivity contribution in [3.8, 4) is 5.75 Å². The molecule has 0 fully saturated rings. The molecule has 0 unspecified atom stereocenters. The van der Waals surface area contributed by atoms with Crippen LogP contribution in [0.15, 0.2) is 18.2 Å². The van der Waals surface area contributed by atoms with E-state index in [9.17, 15) is 15.0 Å². The minimum Gasteiger partial charge on any atom is -0.508 e. The number of phenolic OH excluding ortho intramolecular Hbond substituents is 1. The highest BCUT2D eigenvalue weighted by atomic mass is 35.5. The lowest BCUT2D eigenvalue weighted by molar-refractivity contribution is 0.195. The van der Waals surface area contributed by atoms with Gasteiger partial charge in [-0.3, -0.25) is 0 Å². The standard InChI is InChI=1S/C13H14ClNO3/c1-13(2,3)11-10(14)8-6-7(16)4-5-9(8)15(11)12(17)18/h4-6,16H,1-3H3,(H,17,18). The molecule has 2 rings (SSSR count). The number of hydrogen-bond donors (Lipinski definition) is 2. The zero-order valence-corrected chi connectivity index (χ0v) is 11.1. The first kappa shape index (κ1) is 12.8. The Hall–Kier alpha value is -1.68. The smallest absolute Gasteiger partial charge is 0.416 e. The molecule has 96 valence electrons. The second-order valence-electron chi connectivity index (χ2n) is 5.23. The normalized spacial score (nSPS) is 12.0. The van der Waals surface area contributed by atoms with E-state index in [-0.39, 0.29) is 5.75 Å². The van der Waals surface area contributed by atoms with E-state index in [2.05, 4.69) is 0 Å². The predicted molar refractivity (Wildman–Crippen MR) is 70.7 cm³/mol. The van der Waals surface area contributed by atoms with Crippen molar-refractivity contribution in [2.75, 3.05) is 0 Å². The Kier molecular flexibility index (Phi) is 2.78. The molecule has 0 aliphatic rings. The van der Waals surface area contributed by atoms with Gasteiger partial charge < -0.3 is 10.2 Å². The van der Waals surface area contributed by atoms with Gasteiger partial charge in [0.15, 0.2) is 0 Å². The molecule has 0 amide bonds. The van der Waals surface area contributed by atoms with Crippen LogP contribution in [0.4, 0.5) is 4.79 Å². The molecule has 0 saturated heterocycles. The fraction of sp³-hybridized carbons (Fsp3) is 0.308. The van der Waals surface area contributed by atoms with Gasteiger partial charge in [0.1, 0.15) is 5.75 Å². The Bertz CT molecular complexity index is 638. The third-order valence-electron chi connectivity index (χ3n) is 2.79. The molecule has 0 atom stereocenters. The van der Waals surface area contributed by atoms with Gasteiger partial charge >= 0.3 is 6.09 Å². The van der Waals surface area contributed by atoms with Crippen LogP contribution in [-0.4, -0.2) is 20.9 Å². The molecule has 18 heavy (non-hydrogen) atoms. The van der Waals surface area contributed by atoms with Crippen molar-refractivity contribution >= 4 is 28.6 Å². The van der Waals surface area contributed by atoms with E-state index in [0.717, 1.165) is 0 Å². The maximum absolute atomic E-state index is 11.4. The van der Waals surface area contributed by atoms with Crippen molar-refractivity contribution in [2.24, 2.45) is 0 Å². The molecule has 0 aliphatic carbocycles. The zero-order valence-electron chi connectivity index (χ0n) is 10.4. The van der Waals surface area contributed by atoms with Crippen LogP contribution in [0.2, 0.25) is 5.02 Å². The number of rotatable bonds is 0. The van der Waals surface area contributed by atoms with Gasteiger partial charge in [-0.1, -0.05) is 32.4 Å². The first-order valence-corrected chi connectivity index (χ1v) is 5.88. The van der Waals surface area contributed by atoms with Crippen molar-refractivity contribution in [2.45, 2.75) is 26.2 Å². The molecule has 1 aromatic carbocycles. The molecule has 0 saturated carbocycles. The van der Waals surface area contributed by atoms with E-state index in [1.54, 1.807) is 6.07 Å². The second-order valence-corrected chi connectivity index (χ2v) is 5.61. The summed E-state index contributed by atoms with van der Waals surface area (Å²) in [5.74, 6) is 0.0624. The number of hydrogen-bond acceptors (Lipinski definition) is 2. The van der Waals surface area contributed by atoms with Gasteiger partial charge in [0, 0.05) is 10.8 Å². The maximum atomic E-state index is 11.4. The summed E-state index contributed by atoms with van der Waals surface area (Å²) in [5, 5.41) is 19.7. The van der Waals surface area contributed by atoms with Gasteiger partial charge in [0.25, 0.3) is 0 Å². The van der Waals surface area contributed by atoms with Gasteiger partial charge in [0.05, 0.1) is 16.2 Å². The molecular formula is C13H14ClNO3. The van der Waals surface area contributed by atoms with Crippen LogP contribution in [0.25, 0.3) is 10.9 Å². The lowest BCUT2D eigenvalue weighted by Gasteiger charge is -2.20. The van der Waals surface area contributed by atoms with Crippen molar-refractivity contribution < 1.29 is 15.0 Å². The molecule has 0 bridgehead atoms. The number of carboxylic acid groups (broad SMARTS) is 1. The Morgan fingerprint density at radius 1 is 1.33 bits per heavy atom. The second kappa shape index (κ2) is 3.92. The van der Waals surface area contributed by atoms with Crippen LogP contribution in [0.3, 0.4) is 0 Å². The van der Waals surface area contributed by atoms with Gasteiger partial charge in [-0.05, 0) is 18.2 Å². The van der Waals surface area contributed by atoms with Crippen molar-refractivity contribution in [3.05, 3.63) is 28.9 Å².